The molecule has 3 saturated heterocycles. The zero-order chi connectivity index (χ0) is 9.26. The lowest BCUT2D eigenvalue weighted by Gasteiger charge is -2.51. The minimum absolute atomic E-state index is 0.346. The Kier molecular flexibility index (Phi) is 2.86. The van der Waals surface area contributed by atoms with Gasteiger partial charge in [0, 0.05) is 44.9 Å². The number of rotatable bonds is 3. The zero-order valence-corrected chi connectivity index (χ0v) is 8.45. The Morgan fingerprint density at radius 2 is 2.15 bits per heavy atom. The molecular formula is C10H20N2O. The predicted molar refractivity (Wildman–Crippen MR) is 52.7 cm³/mol. The monoisotopic (exact) mass is 184 g/mol. The standard InChI is InChI=1S/C10H20N2O/c1-9-7-11-4-5-12(9)10(8-11)3-2-6-13/h9-10,13H,2-8H2,1H3. The molecule has 3 heteroatoms. The number of hydrogen-bond acceptors (Lipinski definition) is 3. The van der Waals surface area contributed by atoms with Gasteiger partial charge >= 0.3 is 0 Å². The number of aliphatic hydroxyl groups is 1. The lowest BCUT2D eigenvalue weighted by Crippen LogP contribution is -2.64. The summed E-state index contributed by atoms with van der Waals surface area (Å²) in [5, 5.41) is 8.80. The molecule has 4 unspecified atom stereocenters. The molecule has 0 aromatic carbocycles. The second-order valence-corrected chi connectivity index (χ2v) is 4.37. The molecule has 0 amide bonds. The smallest absolute Gasteiger partial charge is 0.0431 e. The van der Waals surface area contributed by atoms with Crippen LogP contribution in [0.1, 0.15) is 19.8 Å². The quantitative estimate of drug-likeness (QED) is 0.676. The van der Waals surface area contributed by atoms with Gasteiger partial charge < -0.3 is 5.11 Å². The van der Waals surface area contributed by atoms with Gasteiger partial charge in [0.25, 0.3) is 0 Å². The van der Waals surface area contributed by atoms with Crippen molar-refractivity contribution in [2.45, 2.75) is 31.8 Å². The fraction of sp³-hybridized carbons (Fsp3) is 1.00. The van der Waals surface area contributed by atoms with E-state index in [2.05, 4.69) is 16.7 Å². The molecule has 3 nitrogen and oxygen atoms in total. The maximum absolute atomic E-state index is 8.80. The summed E-state index contributed by atoms with van der Waals surface area (Å²) in [5.41, 5.74) is 0. The third-order valence-corrected chi connectivity index (χ3v) is 3.40. The summed E-state index contributed by atoms with van der Waals surface area (Å²) in [6, 6.07) is 1.44. The van der Waals surface area contributed by atoms with Crippen LogP contribution < -0.4 is 0 Å². The largest absolute Gasteiger partial charge is 0.396 e. The average molecular weight is 184 g/mol. The highest BCUT2D eigenvalue weighted by molar-refractivity contribution is 4.92. The van der Waals surface area contributed by atoms with E-state index in [1.165, 1.54) is 26.2 Å². The first-order valence-electron chi connectivity index (χ1n) is 5.40. The normalized spacial score (nSPS) is 43.8. The molecule has 0 radical (unpaired) electrons. The van der Waals surface area contributed by atoms with Crippen molar-refractivity contribution in [2.75, 3.05) is 32.8 Å². The number of piperazine rings is 3. The topological polar surface area (TPSA) is 26.7 Å². The lowest BCUT2D eigenvalue weighted by atomic mass is 9.99. The third kappa shape index (κ3) is 1.87. The van der Waals surface area contributed by atoms with Crippen molar-refractivity contribution < 1.29 is 5.11 Å². The molecule has 0 aliphatic carbocycles. The highest BCUT2D eigenvalue weighted by atomic mass is 16.2. The minimum atomic E-state index is 0.346. The van der Waals surface area contributed by atoms with Crippen LogP contribution in [0.15, 0.2) is 0 Å². The summed E-state index contributed by atoms with van der Waals surface area (Å²) in [6.45, 7) is 7.62. The number of hydrogen-bond donors (Lipinski definition) is 1. The third-order valence-electron chi connectivity index (χ3n) is 3.40. The highest BCUT2D eigenvalue weighted by Gasteiger charge is 2.35. The predicted octanol–water partition coefficient (Wildman–Crippen LogP) is 0.147. The Hall–Kier alpha value is -0.120. The van der Waals surface area contributed by atoms with Crippen LogP contribution in [-0.2, 0) is 0 Å². The van der Waals surface area contributed by atoms with Crippen molar-refractivity contribution in [3.63, 3.8) is 0 Å². The van der Waals surface area contributed by atoms with Crippen molar-refractivity contribution in [3.8, 4) is 0 Å². The molecule has 0 saturated carbocycles. The second-order valence-electron chi connectivity index (χ2n) is 4.37. The van der Waals surface area contributed by atoms with Crippen LogP contribution in [0.25, 0.3) is 0 Å². The maximum atomic E-state index is 8.80. The molecule has 1 N–H and O–H groups in total. The zero-order valence-electron chi connectivity index (χ0n) is 8.45. The Bertz CT molecular complexity index is 174. The van der Waals surface area contributed by atoms with Crippen LogP contribution >= 0.6 is 0 Å². The molecule has 2 bridgehead atoms. The van der Waals surface area contributed by atoms with Crippen molar-refractivity contribution in [2.24, 2.45) is 0 Å². The van der Waals surface area contributed by atoms with Gasteiger partial charge in [-0.1, -0.05) is 0 Å². The van der Waals surface area contributed by atoms with Gasteiger partial charge in [-0.2, -0.15) is 0 Å². The van der Waals surface area contributed by atoms with Gasteiger partial charge in [-0.15, -0.1) is 0 Å². The summed E-state index contributed by atoms with van der Waals surface area (Å²) < 4.78 is 0. The first-order valence-corrected chi connectivity index (χ1v) is 5.40. The highest BCUT2D eigenvalue weighted by Crippen LogP contribution is 2.23. The Morgan fingerprint density at radius 3 is 2.77 bits per heavy atom. The van der Waals surface area contributed by atoms with Gasteiger partial charge in [-0.3, -0.25) is 9.80 Å². The molecule has 3 heterocycles. The first kappa shape index (κ1) is 9.44. The molecule has 0 spiro atoms. The van der Waals surface area contributed by atoms with Crippen molar-refractivity contribution >= 4 is 0 Å². The van der Waals surface area contributed by atoms with Gasteiger partial charge in [-0.25, -0.2) is 0 Å². The average Bonchev–Trinajstić information content (AvgIpc) is 2.15. The van der Waals surface area contributed by atoms with Crippen molar-refractivity contribution in [1.29, 1.82) is 0 Å². The van der Waals surface area contributed by atoms with E-state index in [0.29, 0.717) is 12.6 Å². The Balaban J connectivity index is 1.90. The van der Waals surface area contributed by atoms with Gasteiger partial charge in [0.1, 0.15) is 0 Å². The van der Waals surface area contributed by atoms with E-state index in [4.69, 9.17) is 5.11 Å². The van der Waals surface area contributed by atoms with E-state index in [-0.39, 0.29) is 0 Å². The van der Waals surface area contributed by atoms with Crippen molar-refractivity contribution in [3.05, 3.63) is 0 Å². The molecule has 3 aliphatic heterocycles. The minimum Gasteiger partial charge on any atom is -0.396 e. The first-order chi connectivity index (χ1) is 6.31. The molecule has 3 rings (SSSR count). The van der Waals surface area contributed by atoms with E-state index < -0.39 is 0 Å². The molecule has 76 valence electrons. The fourth-order valence-corrected chi connectivity index (χ4v) is 2.74. The summed E-state index contributed by atoms with van der Waals surface area (Å²) in [6.07, 6.45) is 2.12. The molecule has 3 aliphatic rings. The van der Waals surface area contributed by atoms with Crippen LogP contribution in [0, 0.1) is 0 Å². The summed E-state index contributed by atoms with van der Waals surface area (Å²) in [7, 11) is 0. The van der Waals surface area contributed by atoms with Crippen LogP contribution in [0.4, 0.5) is 0 Å². The summed E-state index contributed by atoms with van der Waals surface area (Å²) >= 11 is 0. The summed E-state index contributed by atoms with van der Waals surface area (Å²) in [5.74, 6) is 0. The van der Waals surface area contributed by atoms with E-state index in [9.17, 15) is 0 Å². The van der Waals surface area contributed by atoms with Crippen molar-refractivity contribution in [1.82, 2.24) is 9.80 Å². The Morgan fingerprint density at radius 1 is 1.31 bits per heavy atom. The van der Waals surface area contributed by atoms with Crippen LogP contribution in [0.5, 0.6) is 0 Å². The van der Waals surface area contributed by atoms with Crippen LogP contribution in [-0.4, -0.2) is 59.8 Å². The maximum Gasteiger partial charge on any atom is 0.0431 e. The number of aliphatic hydroxyl groups excluding tert-OH is 1. The van der Waals surface area contributed by atoms with Gasteiger partial charge in [0.05, 0.1) is 0 Å². The van der Waals surface area contributed by atoms with Gasteiger partial charge in [-0.05, 0) is 19.8 Å². The summed E-state index contributed by atoms with van der Waals surface area (Å²) in [4.78, 5) is 5.18. The van der Waals surface area contributed by atoms with E-state index in [1.807, 2.05) is 0 Å². The molecule has 3 fully saturated rings. The second kappa shape index (κ2) is 3.95. The van der Waals surface area contributed by atoms with Gasteiger partial charge in [0.15, 0.2) is 0 Å². The molecule has 0 aromatic heterocycles. The van der Waals surface area contributed by atoms with E-state index in [1.54, 1.807) is 0 Å². The Labute approximate surface area is 80.3 Å². The molecular weight excluding hydrogens is 164 g/mol. The number of nitrogens with zero attached hydrogens (tertiary/aromatic N) is 2. The molecule has 4 atom stereocenters. The SMILES string of the molecule is CC1CN2CCN1C(CCCO)C2. The van der Waals surface area contributed by atoms with Crippen LogP contribution in [0.3, 0.4) is 0 Å². The molecule has 13 heavy (non-hydrogen) atoms. The van der Waals surface area contributed by atoms with E-state index >= 15 is 0 Å². The molecule has 0 aromatic rings. The lowest BCUT2D eigenvalue weighted by molar-refractivity contribution is -0.0303. The fourth-order valence-electron chi connectivity index (χ4n) is 2.74. The number of fused-ring (bicyclic) bond motifs is 3. The van der Waals surface area contributed by atoms with E-state index in [0.717, 1.165) is 18.9 Å². The van der Waals surface area contributed by atoms with Crippen LogP contribution in [0.2, 0.25) is 0 Å². The van der Waals surface area contributed by atoms with Gasteiger partial charge in [0.2, 0.25) is 0 Å².